The second kappa shape index (κ2) is 9.94. The minimum atomic E-state index is -1.82. The average molecular weight is 369 g/mol. The van der Waals surface area contributed by atoms with Crippen LogP contribution < -0.4 is 17.2 Å². The molecule has 0 unspecified atom stereocenters. The van der Waals surface area contributed by atoms with Gasteiger partial charge in [-0.2, -0.15) is 0 Å². The Balaban J connectivity index is 2.80. The molecule has 10 heteroatoms. The summed E-state index contributed by atoms with van der Waals surface area (Å²) in [5.41, 5.74) is 17.2. The van der Waals surface area contributed by atoms with Gasteiger partial charge >= 0.3 is 5.97 Å². The molecule has 144 valence electrons. The van der Waals surface area contributed by atoms with Crippen molar-refractivity contribution in [2.45, 2.75) is 36.8 Å². The van der Waals surface area contributed by atoms with Gasteiger partial charge in [0.2, 0.25) is 0 Å². The molecule has 0 bridgehead atoms. The molecule has 26 heavy (non-hydrogen) atoms. The van der Waals surface area contributed by atoms with E-state index in [9.17, 15) is 24.6 Å². The lowest BCUT2D eigenvalue weighted by molar-refractivity contribution is -0.165. The number of hydrogen-bond acceptors (Lipinski definition) is 10. The lowest BCUT2D eigenvalue weighted by Gasteiger charge is -2.28. The number of carbonyl (C=O) groups excluding carboxylic acids is 3. The van der Waals surface area contributed by atoms with Crippen molar-refractivity contribution < 1.29 is 34.4 Å². The fraction of sp³-hybridized carbons (Fsp3) is 0.438. The summed E-state index contributed by atoms with van der Waals surface area (Å²) in [7, 11) is 0. The number of nitrogen functional groups attached to an aromatic ring is 1. The number of ketones is 1. The van der Waals surface area contributed by atoms with Crippen LogP contribution in [0.4, 0.5) is 5.69 Å². The predicted molar refractivity (Wildman–Crippen MR) is 90.8 cm³/mol. The molecule has 1 aromatic carbocycles. The highest BCUT2D eigenvalue weighted by atomic mass is 16.6. The van der Waals surface area contributed by atoms with Crippen molar-refractivity contribution in [3.8, 4) is 0 Å². The van der Waals surface area contributed by atoms with Gasteiger partial charge in [0.1, 0.15) is 30.6 Å². The zero-order valence-corrected chi connectivity index (χ0v) is 13.9. The Hall–Kier alpha value is -2.37. The third-order valence-electron chi connectivity index (χ3n) is 3.68. The van der Waals surface area contributed by atoms with Crippen LogP contribution in [0, 0.1) is 0 Å². The molecule has 0 fully saturated rings. The van der Waals surface area contributed by atoms with E-state index in [4.69, 9.17) is 27.0 Å². The average Bonchev–Trinajstić information content (AvgIpc) is 2.64. The van der Waals surface area contributed by atoms with Gasteiger partial charge in [0.05, 0.1) is 6.61 Å². The summed E-state index contributed by atoms with van der Waals surface area (Å²) in [5.74, 6) is -1.61. The highest BCUT2D eigenvalue weighted by Gasteiger charge is 2.35. The highest BCUT2D eigenvalue weighted by Crippen LogP contribution is 2.15. The number of aldehydes is 1. The normalized spacial score (nSPS) is 16.8. The third kappa shape index (κ3) is 5.58. The maximum atomic E-state index is 12.2. The Labute approximate surface area is 149 Å². The number of rotatable bonds is 10. The van der Waals surface area contributed by atoms with Crippen LogP contribution in [-0.4, -0.2) is 70.4 Å². The quantitative estimate of drug-likeness (QED) is 0.109. The van der Waals surface area contributed by atoms with Gasteiger partial charge in [0.25, 0.3) is 0 Å². The number of benzene rings is 1. The molecule has 0 aliphatic carbocycles. The van der Waals surface area contributed by atoms with Crippen molar-refractivity contribution >= 4 is 23.7 Å². The second-order valence-corrected chi connectivity index (χ2v) is 5.68. The van der Waals surface area contributed by atoms with Crippen molar-refractivity contribution in [2.24, 2.45) is 11.5 Å². The maximum Gasteiger partial charge on any atom is 0.323 e. The van der Waals surface area contributed by atoms with Gasteiger partial charge < -0.3 is 42.1 Å². The van der Waals surface area contributed by atoms with Crippen LogP contribution in [0.25, 0.3) is 0 Å². The number of anilines is 1. The summed E-state index contributed by atoms with van der Waals surface area (Å²) in [6.45, 7) is -0.849. The van der Waals surface area contributed by atoms with Gasteiger partial charge in [-0.25, -0.2) is 0 Å². The van der Waals surface area contributed by atoms with Crippen LogP contribution >= 0.6 is 0 Å². The fourth-order valence-corrected chi connectivity index (χ4v) is 2.15. The van der Waals surface area contributed by atoms with E-state index < -0.39 is 55.2 Å². The van der Waals surface area contributed by atoms with Crippen molar-refractivity contribution in [3.63, 3.8) is 0 Å². The van der Waals surface area contributed by atoms with E-state index in [0.717, 1.165) is 0 Å². The number of nitrogens with two attached hydrogens (primary N) is 3. The molecule has 0 spiro atoms. The van der Waals surface area contributed by atoms with Crippen molar-refractivity contribution in [2.75, 3.05) is 12.3 Å². The van der Waals surface area contributed by atoms with Gasteiger partial charge in [-0.3, -0.25) is 9.59 Å². The maximum absolute atomic E-state index is 12.2. The summed E-state index contributed by atoms with van der Waals surface area (Å²) in [4.78, 5) is 35.1. The second-order valence-electron chi connectivity index (χ2n) is 5.68. The molecule has 9 N–H and O–H groups in total. The topological polar surface area (TPSA) is 199 Å². The number of esters is 1. The number of ether oxygens (including phenoxy) is 1. The lowest BCUT2D eigenvalue weighted by atomic mass is 10.0. The number of Topliss-reactive ketones (excluding diaryl/α,β-unsaturated/α-hetero) is 1. The Bertz CT molecular complexity index is 640. The van der Waals surface area contributed by atoms with Gasteiger partial charge in [-0.05, 0) is 12.1 Å². The van der Waals surface area contributed by atoms with Gasteiger partial charge in [-0.1, -0.05) is 12.1 Å². The molecule has 10 nitrogen and oxygen atoms in total. The molecule has 0 saturated carbocycles. The van der Waals surface area contributed by atoms with E-state index in [1.54, 1.807) is 12.1 Å². The van der Waals surface area contributed by atoms with Gasteiger partial charge in [-0.15, -0.1) is 0 Å². The number of para-hydroxylation sites is 1. The van der Waals surface area contributed by atoms with E-state index in [1.165, 1.54) is 12.1 Å². The van der Waals surface area contributed by atoms with Crippen molar-refractivity contribution in [3.05, 3.63) is 29.8 Å². The minimum absolute atomic E-state index is 0.188. The van der Waals surface area contributed by atoms with E-state index in [0.29, 0.717) is 0 Å². The monoisotopic (exact) mass is 369 g/mol. The SMILES string of the molecule is Nc1ccccc1C(=O)C[C@H](N)C(=O)O[C@@H]([C@H](O)[C@H](O)CO)[C@@H](N)C=O. The zero-order valence-electron chi connectivity index (χ0n) is 13.9. The summed E-state index contributed by atoms with van der Waals surface area (Å²) >= 11 is 0. The Kier molecular flexibility index (Phi) is 8.29. The van der Waals surface area contributed by atoms with Crippen molar-refractivity contribution in [1.29, 1.82) is 0 Å². The summed E-state index contributed by atoms with van der Waals surface area (Å²) in [6.07, 6.45) is -5.40. The van der Waals surface area contributed by atoms with Crippen LogP contribution in [-0.2, 0) is 14.3 Å². The van der Waals surface area contributed by atoms with Crippen LogP contribution in [0.15, 0.2) is 24.3 Å². The third-order valence-corrected chi connectivity index (χ3v) is 3.68. The first kappa shape index (κ1) is 21.7. The van der Waals surface area contributed by atoms with E-state index in [2.05, 4.69) is 0 Å². The van der Waals surface area contributed by atoms with Gasteiger partial charge in [0, 0.05) is 17.7 Å². The molecule has 0 amide bonds. The van der Waals surface area contributed by atoms with Crippen LogP contribution in [0.1, 0.15) is 16.8 Å². The molecule has 0 saturated heterocycles. The first-order chi connectivity index (χ1) is 12.2. The van der Waals surface area contributed by atoms with E-state index >= 15 is 0 Å². The van der Waals surface area contributed by atoms with Crippen LogP contribution in [0.3, 0.4) is 0 Å². The molecule has 0 aromatic heterocycles. The number of aliphatic hydroxyl groups is 3. The molecule has 0 radical (unpaired) electrons. The predicted octanol–water partition coefficient (Wildman–Crippen LogP) is -2.68. The Morgan fingerprint density at radius 1 is 1.19 bits per heavy atom. The molecule has 1 aromatic rings. The van der Waals surface area contributed by atoms with Crippen LogP contribution in [0.5, 0.6) is 0 Å². The van der Waals surface area contributed by atoms with Gasteiger partial charge in [0.15, 0.2) is 11.9 Å². The van der Waals surface area contributed by atoms with Crippen LogP contribution in [0.2, 0.25) is 0 Å². The van der Waals surface area contributed by atoms with Crippen molar-refractivity contribution in [1.82, 2.24) is 0 Å². The molecular weight excluding hydrogens is 346 g/mol. The first-order valence-corrected chi connectivity index (χ1v) is 7.74. The zero-order chi connectivity index (χ0) is 19.9. The molecule has 5 atom stereocenters. The summed E-state index contributed by atoms with van der Waals surface area (Å²) in [6, 6.07) is 3.34. The lowest BCUT2D eigenvalue weighted by Crippen LogP contribution is -2.53. The minimum Gasteiger partial charge on any atom is -0.456 e. The molecule has 0 heterocycles. The summed E-state index contributed by atoms with van der Waals surface area (Å²) < 4.78 is 4.89. The highest BCUT2D eigenvalue weighted by molar-refractivity contribution is 6.02. The Morgan fingerprint density at radius 3 is 2.35 bits per heavy atom. The molecular formula is C16H23N3O7. The van der Waals surface area contributed by atoms with E-state index in [1.807, 2.05) is 0 Å². The number of carbonyl (C=O) groups is 3. The Morgan fingerprint density at radius 2 is 1.81 bits per heavy atom. The largest absolute Gasteiger partial charge is 0.456 e. The number of hydrogen-bond donors (Lipinski definition) is 6. The summed E-state index contributed by atoms with van der Waals surface area (Å²) in [5, 5.41) is 28.2. The molecule has 0 aliphatic rings. The smallest absolute Gasteiger partial charge is 0.323 e. The molecule has 1 rings (SSSR count). The number of aliphatic hydroxyl groups excluding tert-OH is 3. The molecule has 0 aliphatic heterocycles. The first-order valence-electron chi connectivity index (χ1n) is 7.74. The standard InChI is InChI=1S/C16H23N3O7/c17-9-4-2-1-3-8(9)12(22)5-10(18)16(25)26-15(11(19)6-20)14(24)13(23)7-21/h1-4,6,10-11,13-15,21,23-24H,5,7,17-19H2/t10-,11-,13+,14+,15+/m0/s1. The van der Waals surface area contributed by atoms with E-state index in [-0.39, 0.29) is 17.5 Å². The fourth-order valence-electron chi connectivity index (χ4n) is 2.15.